The predicted octanol–water partition coefficient (Wildman–Crippen LogP) is 4.79. The summed E-state index contributed by atoms with van der Waals surface area (Å²) in [6.07, 6.45) is 7.41. The second-order valence-corrected chi connectivity index (χ2v) is 8.02. The fourth-order valence-electron chi connectivity index (χ4n) is 3.06. The number of thioether (sulfide) groups is 1. The van der Waals surface area contributed by atoms with Gasteiger partial charge in [0.25, 0.3) is 0 Å². The van der Waals surface area contributed by atoms with Crippen molar-refractivity contribution in [2.75, 3.05) is 5.75 Å². The van der Waals surface area contributed by atoms with Gasteiger partial charge in [-0.2, -0.15) is 11.8 Å². The molecule has 0 bridgehead atoms. The molecular formula is C14H15ClN2S2. The molecule has 2 aromatic rings. The highest BCUT2D eigenvalue weighted by Crippen LogP contribution is 2.42. The average molecular weight is 311 g/mol. The molecule has 19 heavy (non-hydrogen) atoms. The van der Waals surface area contributed by atoms with Crippen LogP contribution in [0, 0.1) is 0 Å². The minimum absolute atomic E-state index is 0.451. The third-order valence-electron chi connectivity index (χ3n) is 4.01. The van der Waals surface area contributed by atoms with Gasteiger partial charge in [0.15, 0.2) is 0 Å². The lowest BCUT2D eigenvalue weighted by Crippen LogP contribution is -2.06. The SMILES string of the molecule is Clc1nc(C2CCCCS2)nc2sc3c(c12)CCC3. The van der Waals surface area contributed by atoms with Crippen LogP contribution in [0.1, 0.15) is 47.2 Å². The number of rotatable bonds is 1. The van der Waals surface area contributed by atoms with Crippen molar-refractivity contribution >= 4 is 44.9 Å². The Kier molecular flexibility index (Phi) is 3.20. The summed E-state index contributed by atoms with van der Waals surface area (Å²) in [6.45, 7) is 0. The molecule has 3 heterocycles. The van der Waals surface area contributed by atoms with Crippen LogP contribution in [0.2, 0.25) is 5.15 Å². The molecule has 0 aromatic carbocycles. The van der Waals surface area contributed by atoms with Crippen LogP contribution in [-0.4, -0.2) is 15.7 Å². The molecule has 4 rings (SSSR count). The Morgan fingerprint density at radius 2 is 2.05 bits per heavy atom. The summed E-state index contributed by atoms with van der Waals surface area (Å²) in [5.74, 6) is 2.19. The molecule has 0 N–H and O–H groups in total. The summed E-state index contributed by atoms with van der Waals surface area (Å²) in [5.41, 5.74) is 1.42. The summed E-state index contributed by atoms with van der Waals surface area (Å²) in [4.78, 5) is 12.0. The normalized spacial score (nSPS) is 22.9. The molecule has 0 amide bonds. The Labute approximate surface area is 126 Å². The molecule has 1 fully saturated rings. The molecule has 2 nitrogen and oxygen atoms in total. The highest BCUT2D eigenvalue weighted by atomic mass is 35.5. The van der Waals surface area contributed by atoms with Crippen molar-refractivity contribution in [3.8, 4) is 0 Å². The van der Waals surface area contributed by atoms with Crippen molar-refractivity contribution in [1.29, 1.82) is 0 Å². The zero-order valence-corrected chi connectivity index (χ0v) is 13.0. The van der Waals surface area contributed by atoms with Crippen LogP contribution in [0.5, 0.6) is 0 Å². The van der Waals surface area contributed by atoms with Crippen LogP contribution < -0.4 is 0 Å². The second-order valence-electron chi connectivity index (χ2n) is 5.27. The lowest BCUT2D eigenvalue weighted by atomic mass is 10.1. The van der Waals surface area contributed by atoms with E-state index in [1.54, 1.807) is 0 Å². The van der Waals surface area contributed by atoms with Gasteiger partial charge < -0.3 is 0 Å². The lowest BCUT2D eigenvalue weighted by Gasteiger charge is -2.19. The topological polar surface area (TPSA) is 25.8 Å². The first kappa shape index (κ1) is 12.4. The van der Waals surface area contributed by atoms with Crippen LogP contribution in [0.4, 0.5) is 0 Å². The number of hydrogen-bond acceptors (Lipinski definition) is 4. The lowest BCUT2D eigenvalue weighted by molar-refractivity contribution is 0.664. The van der Waals surface area contributed by atoms with E-state index in [1.807, 2.05) is 23.1 Å². The van der Waals surface area contributed by atoms with E-state index in [9.17, 15) is 0 Å². The van der Waals surface area contributed by atoms with Crippen molar-refractivity contribution in [3.63, 3.8) is 0 Å². The summed E-state index contributed by atoms with van der Waals surface area (Å²) in [7, 11) is 0. The van der Waals surface area contributed by atoms with Gasteiger partial charge in [0.1, 0.15) is 15.8 Å². The minimum atomic E-state index is 0.451. The zero-order chi connectivity index (χ0) is 12.8. The van der Waals surface area contributed by atoms with Crippen LogP contribution in [0.15, 0.2) is 0 Å². The molecule has 100 valence electrons. The van der Waals surface area contributed by atoms with E-state index < -0.39 is 0 Å². The molecule has 1 unspecified atom stereocenters. The van der Waals surface area contributed by atoms with Gasteiger partial charge in [-0.25, -0.2) is 9.97 Å². The summed E-state index contributed by atoms with van der Waals surface area (Å²) in [5, 5.41) is 2.28. The van der Waals surface area contributed by atoms with Gasteiger partial charge in [-0.15, -0.1) is 11.3 Å². The summed E-state index contributed by atoms with van der Waals surface area (Å²) >= 11 is 10.3. The number of fused-ring (bicyclic) bond motifs is 3. The van der Waals surface area contributed by atoms with Crippen LogP contribution >= 0.6 is 34.7 Å². The molecule has 0 radical (unpaired) electrons. The average Bonchev–Trinajstić information content (AvgIpc) is 2.99. The van der Waals surface area contributed by atoms with E-state index in [0.29, 0.717) is 10.4 Å². The Morgan fingerprint density at radius 3 is 2.89 bits per heavy atom. The number of nitrogens with zero attached hydrogens (tertiary/aromatic N) is 2. The van der Waals surface area contributed by atoms with Crippen LogP contribution in [0.3, 0.4) is 0 Å². The molecule has 1 atom stereocenters. The number of hydrogen-bond donors (Lipinski definition) is 0. The van der Waals surface area contributed by atoms with Gasteiger partial charge in [0, 0.05) is 4.88 Å². The van der Waals surface area contributed by atoms with E-state index >= 15 is 0 Å². The zero-order valence-electron chi connectivity index (χ0n) is 10.6. The van der Waals surface area contributed by atoms with Gasteiger partial charge in [-0.3, -0.25) is 0 Å². The number of aromatic nitrogens is 2. The fraction of sp³-hybridized carbons (Fsp3) is 0.571. The Balaban J connectivity index is 1.82. The summed E-state index contributed by atoms with van der Waals surface area (Å²) < 4.78 is 0. The molecule has 1 saturated heterocycles. The molecule has 2 aromatic heterocycles. The highest BCUT2D eigenvalue weighted by molar-refractivity contribution is 7.99. The first-order valence-electron chi connectivity index (χ1n) is 6.92. The van der Waals surface area contributed by atoms with Crippen molar-refractivity contribution in [1.82, 2.24) is 9.97 Å². The minimum Gasteiger partial charge on any atom is -0.221 e. The molecule has 0 spiro atoms. The van der Waals surface area contributed by atoms with Gasteiger partial charge in [-0.05, 0) is 43.4 Å². The molecule has 0 saturated carbocycles. The molecule has 1 aliphatic heterocycles. The van der Waals surface area contributed by atoms with Gasteiger partial charge in [0.2, 0.25) is 0 Å². The smallest absolute Gasteiger partial charge is 0.144 e. The Bertz CT molecular complexity index is 632. The Hall–Kier alpha value is -0.320. The number of aryl methyl sites for hydroxylation is 2. The molecule has 5 heteroatoms. The van der Waals surface area contributed by atoms with E-state index in [4.69, 9.17) is 16.6 Å². The van der Waals surface area contributed by atoms with Gasteiger partial charge in [-0.1, -0.05) is 18.0 Å². The van der Waals surface area contributed by atoms with Crippen molar-refractivity contribution in [3.05, 3.63) is 21.4 Å². The van der Waals surface area contributed by atoms with Crippen molar-refractivity contribution in [2.45, 2.75) is 43.8 Å². The molecule has 1 aliphatic carbocycles. The summed E-state index contributed by atoms with van der Waals surface area (Å²) in [6, 6.07) is 0. The van der Waals surface area contributed by atoms with E-state index in [2.05, 4.69) is 4.98 Å². The maximum Gasteiger partial charge on any atom is 0.144 e. The maximum absolute atomic E-state index is 6.45. The largest absolute Gasteiger partial charge is 0.221 e. The second kappa shape index (κ2) is 4.90. The van der Waals surface area contributed by atoms with E-state index in [1.165, 1.54) is 48.3 Å². The van der Waals surface area contributed by atoms with E-state index in [-0.39, 0.29) is 0 Å². The monoisotopic (exact) mass is 310 g/mol. The van der Waals surface area contributed by atoms with Crippen LogP contribution in [0.25, 0.3) is 10.2 Å². The maximum atomic E-state index is 6.45. The van der Waals surface area contributed by atoms with E-state index in [0.717, 1.165) is 22.5 Å². The van der Waals surface area contributed by atoms with Crippen molar-refractivity contribution < 1.29 is 0 Å². The quantitative estimate of drug-likeness (QED) is 0.708. The number of halogens is 1. The third-order valence-corrected chi connectivity index (χ3v) is 6.84. The Morgan fingerprint density at radius 1 is 1.11 bits per heavy atom. The van der Waals surface area contributed by atoms with Crippen molar-refractivity contribution in [2.24, 2.45) is 0 Å². The highest BCUT2D eigenvalue weighted by Gasteiger charge is 2.24. The predicted molar refractivity (Wildman–Crippen MR) is 83.5 cm³/mol. The molecule has 2 aliphatic rings. The first-order chi connectivity index (χ1) is 9.33. The van der Waals surface area contributed by atoms with Gasteiger partial charge in [0.05, 0.1) is 10.6 Å². The fourth-order valence-corrected chi connectivity index (χ4v) is 5.91. The van der Waals surface area contributed by atoms with Gasteiger partial charge >= 0.3 is 0 Å². The molecular weight excluding hydrogens is 296 g/mol. The van der Waals surface area contributed by atoms with Crippen LogP contribution in [-0.2, 0) is 12.8 Å². The number of thiophene rings is 1. The third kappa shape index (κ3) is 2.08. The first-order valence-corrected chi connectivity index (χ1v) is 9.16. The standard InChI is InChI=1S/C14H15ClN2S2/c15-12-11-8-4-3-6-9(8)19-14(11)17-13(16-12)10-5-1-2-7-18-10/h10H,1-7H2.